The first-order valence-electron chi connectivity index (χ1n) is 10.6. The van der Waals surface area contributed by atoms with Gasteiger partial charge in [0, 0.05) is 6.42 Å². The van der Waals surface area contributed by atoms with E-state index in [1.807, 2.05) is 6.92 Å². The van der Waals surface area contributed by atoms with Gasteiger partial charge in [-0.1, -0.05) is 71.6 Å². The number of nitrogens with one attached hydrogen (secondary N) is 1. The molecule has 0 unspecified atom stereocenters. The fourth-order valence-corrected chi connectivity index (χ4v) is 3.13. The van der Waals surface area contributed by atoms with Crippen LogP contribution in [0.5, 0.6) is 5.88 Å². The van der Waals surface area contributed by atoms with Crippen molar-refractivity contribution in [3.8, 4) is 5.88 Å². The molecular weight excluding hydrogens is 356 g/mol. The van der Waals surface area contributed by atoms with E-state index < -0.39 is 0 Å². The van der Waals surface area contributed by atoms with E-state index in [9.17, 15) is 0 Å². The summed E-state index contributed by atoms with van der Waals surface area (Å²) in [7, 11) is 0. The Kier molecular flexibility index (Phi) is 12.8. The van der Waals surface area contributed by atoms with Crippen LogP contribution < -0.4 is 15.8 Å². The maximum atomic E-state index is 5.97. The van der Waals surface area contributed by atoms with Gasteiger partial charge in [-0.25, -0.2) is 4.98 Å². The molecule has 3 N–H and O–H groups in total. The molecule has 0 aromatic carbocycles. The van der Waals surface area contributed by atoms with Crippen LogP contribution in [0.15, 0.2) is 0 Å². The number of hydrogen-bond acceptors (Lipinski definition) is 4. The maximum Gasteiger partial charge on any atom is 0.241 e. The maximum absolute atomic E-state index is 5.97. The van der Waals surface area contributed by atoms with Crippen LogP contribution in [0.2, 0.25) is 0 Å². The quantitative estimate of drug-likeness (QED) is 0.294. The SMILES string of the molecule is CCCCCCCCc1nc(C)c(NC(N)=S)c(OCCCCCCC)n1. The van der Waals surface area contributed by atoms with Crippen molar-refractivity contribution >= 4 is 23.0 Å². The Morgan fingerprint density at radius 3 is 2.15 bits per heavy atom. The standard InChI is InChI=1S/C21H38N4OS/c1-4-6-8-10-11-13-15-18-23-17(3)19(25-21(22)27)20(24-18)26-16-14-12-9-7-5-2/h4-16H2,1-3H3,(H3,22,25,27). The third-order valence-electron chi connectivity index (χ3n) is 4.59. The first-order valence-corrected chi connectivity index (χ1v) is 11.1. The summed E-state index contributed by atoms with van der Waals surface area (Å²) < 4.78 is 5.97. The minimum absolute atomic E-state index is 0.207. The van der Waals surface area contributed by atoms with Crippen molar-refractivity contribution in [1.82, 2.24) is 9.97 Å². The summed E-state index contributed by atoms with van der Waals surface area (Å²) in [5.41, 5.74) is 7.19. The highest BCUT2D eigenvalue weighted by Gasteiger charge is 2.14. The number of rotatable bonds is 15. The molecule has 27 heavy (non-hydrogen) atoms. The highest BCUT2D eigenvalue weighted by Crippen LogP contribution is 2.26. The van der Waals surface area contributed by atoms with Gasteiger partial charge in [-0.05, 0) is 32.0 Å². The van der Waals surface area contributed by atoms with E-state index in [0.717, 1.165) is 30.8 Å². The van der Waals surface area contributed by atoms with E-state index in [1.165, 1.54) is 57.8 Å². The number of hydrogen-bond donors (Lipinski definition) is 2. The first-order chi connectivity index (χ1) is 13.1. The summed E-state index contributed by atoms with van der Waals surface area (Å²) in [5, 5.41) is 3.19. The number of thiocarbonyl (C=S) groups is 1. The van der Waals surface area contributed by atoms with Gasteiger partial charge < -0.3 is 15.8 Å². The zero-order chi connectivity index (χ0) is 19.9. The molecule has 0 aliphatic carbocycles. The number of anilines is 1. The molecule has 0 saturated heterocycles. The lowest BCUT2D eigenvalue weighted by atomic mass is 10.1. The van der Waals surface area contributed by atoms with Gasteiger partial charge in [0.05, 0.1) is 12.3 Å². The van der Waals surface area contributed by atoms with Gasteiger partial charge in [0.25, 0.3) is 0 Å². The van der Waals surface area contributed by atoms with Crippen LogP contribution in [-0.2, 0) is 6.42 Å². The number of nitrogens with two attached hydrogens (primary N) is 1. The van der Waals surface area contributed by atoms with Crippen molar-refractivity contribution in [1.29, 1.82) is 0 Å². The molecule has 5 nitrogen and oxygen atoms in total. The molecule has 1 rings (SSSR count). The number of nitrogens with zero attached hydrogens (tertiary/aromatic N) is 2. The van der Waals surface area contributed by atoms with Crippen LogP contribution in [0, 0.1) is 6.92 Å². The van der Waals surface area contributed by atoms with Gasteiger partial charge in [-0.2, -0.15) is 4.98 Å². The molecule has 0 spiro atoms. The second-order valence-corrected chi connectivity index (χ2v) is 7.61. The summed E-state index contributed by atoms with van der Waals surface area (Å²) >= 11 is 4.99. The Hall–Kier alpha value is -1.43. The Bertz CT molecular complexity index is 551. The van der Waals surface area contributed by atoms with E-state index in [1.54, 1.807) is 0 Å². The van der Waals surface area contributed by atoms with Crippen LogP contribution in [0.1, 0.15) is 96.0 Å². The van der Waals surface area contributed by atoms with Crippen LogP contribution in [-0.4, -0.2) is 21.7 Å². The summed E-state index contributed by atoms with van der Waals surface area (Å²) in [6.07, 6.45) is 14.4. The van der Waals surface area contributed by atoms with E-state index in [0.29, 0.717) is 18.2 Å². The molecule has 0 aliphatic heterocycles. The Labute approximate surface area is 170 Å². The second kappa shape index (κ2) is 14.6. The van der Waals surface area contributed by atoms with E-state index in [4.69, 9.17) is 22.7 Å². The highest BCUT2D eigenvalue weighted by atomic mass is 32.1. The average Bonchev–Trinajstić information content (AvgIpc) is 2.63. The Morgan fingerprint density at radius 2 is 1.52 bits per heavy atom. The second-order valence-electron chi connectivity index (χ2n) is 7.18. The smallest absolute Gasteiger partial charge is 0.241 e. The van der Waals surface area contributed by atoms with E-state index >= 15 is 0 Å². The first kappa shape index (κ1) is 23.6. The predicted octanol–water partition coefficient (Wildman–Crippen LogP) is 5.69. The van der Waals surface area contributed by atoms with Crippen LogP contribution in [0.25, 0.3) is 0 Å². The van der Waals surface area contributed by atoms with Crippen molar-refractivity contribution in [3.63, 3.8) is 0 Å². The fraction of sp³-hybridized carbons (Fsp3) is 0.762. The molecule has 0 bridgehead atoms. The Balaban J connectivity index is 2.62. The molecule has 154 valence electrons. The van der Waals surface area contributed by atoms with Gasteiger partial charge in [0.15, 0.2) is 5.11 Å². The largest absolute Gasteiger partial charge is 0.476 e. The molecule has 1 aromatic rings. The monoisotopic (exact) mass is 394 g/mol. The number of aromatic nitrogens is 2. The van der Waals surface area contributed by atoms with Crippen molar-refractivity contribution in [2.75, 3.05) is 11.9 Å². The molecule has 0 fully saturated rings. The lowest BCUT2D eigenvalue weighted by molar-refractivity contribution is 0.293. The third-order valence-corrected chi connectivity index (χ3v) is 4.69. The summed E-state index contributed by atoms with van der Waals surface area (Å²) in [6.45, 7) is 7.06. The average molecular weight is 395 g/mol. The summed E-state index contributed by atoms with van der Waals surface area (Å²) in [5.74, 6) is 1.42. The van der Waals surface area contributed by atoms with Crippen molar-refractivity contribution < 1.29 is 4.74 Å². The van der Waals surface area contributed by atoms with Gasteiger partial charge in [-0.15, -0.1) is 0 Å². The lowest BCUT2D eigenvalue weighted by Crippen LogP contribution is -2.21. The van der Waals surface area contributed by atoms with Gasteiger partial charge in [0.2, 0.25) is 5.88 Å². The van der Waals surface area contributed by atoms with Crippen LogP contribution in [0.3, 0.4) is 0 Å². The van der Waals surface area contributed by atoms with Gasteiger partial charge in [0.1, 0.15) is 11.5 Å². The molecule has 0 amide bonds. The highest BCUT2D eigenvalue weighted by molar-refractivity contribution is 7.80. The minimum Gasteiger partial charge on any atom is -0.476 e. The van der Waals surface area contributed by atoms with Gasteiger partial charge >= 0.3 is 0 Å². The van der Waals surface area contributed by atoms with Crippen LogP contribution >= 0.6 is 12.2 Å². The third kappa shape index (κ3) is 10.5. The lowest BCUT2D eigenvalue weighted by Gasteiger charge is -2.15. The molecule has 0 radical (unpaired) electrons. The van der Waals surface area contributed by atoms with E-state index in [2.05, 4.69) is 29.1 Å². The zero-order valence-corrected chi connectivity index (χ0v) is 18.3. The molecule has 0 saturated carbocycles. The zero-order valence-electron chi connectivity index (χ0n) is 17.5. The van der Waals surface area contributed by atoms with Crippen molar-refractivity contribution in [2.24, 2.45) is 5.73 Å². The molecule has 6 heteroatoms. The van der Waals surface area contributed by atoms with E-state index in [-0.39, 0.29) is 5.11 Å². The van der Waals surface area contributed by atoms with Crippen molar-refractivity contribution in [3.05, 3.63) is 11.5 Å². The van der Waals surface area contributed by atoms with Crippen molar-refractivity contribution in [2.45, 2.75) is 97.8 Å². The normalized spacial score (nSPS) is 10.8. The summed E-state index contributed by atoms with van der Waals surface area (Å²) in [4.78, 5) is 9.26. The molecular formula is C21H38N4OS. The van der Waals surface area contributed by atoms with Gasteiger partial charge in [-0.3, -0.25) is 0 Å². The molecule has 1 heterocycles. The predicted molar refractivity (Wildman–Crippen MR) is 119 cm³/mol. The fourth-order valence-electron chi connectivity index (χ4n) is 3.02. The number of unbranched alkanes of at least 4 members (excludes halogenated alkanes) is 9. The molecule has 1 aromatic heterocycles. The topological polar surface area (TPSA) is 73.1 Å². The number of aryl methyl sites for hydroxylation is 2. The Morgan fingerprint density at radius 1 is 0.926 bits per heavy atom. The summed E-state index contributed by atoms with van der Waals surface area (Å²) in [6, 6.07) is 0. The minimum atomic E-state index is 0.207. The number of ether oxygens (including phenoxy) is 1. The molecule has 0 atom stereocenters. The molecule has 0 aliphatic rings. The van der Waals surface area contributed by atoms with Crippen LogP contribution in [0.4, 0.5) is 5.69 Å².